The van der Waals surface area contributed by atoms with E-state index in [1.54, 1.807) is 16.9 Å². The van der Waals surface area contributed by atoms with Gasteiger partial charge in [-0.05, 0) is 56.3 Å². The molecule has 0 bridgehead atoms. The molecule has 0 aliphatic rings. The predicted octanol–water partition coefficient (Wildman–Crippen LogP) is 5.31. The molecule has 0 radical (unpaired) electrons. The zero-order chi connectivity index (χ0) is 29.8. The van der Waals surface area contributed by atoms with E-state index >= 15 is 0 Å². The van der Waals surface area contributed by atoms with E-state index in [9.17, 15) is 32.3 Å². The fourth-order valence-corrected chi connectivity index (χ4v) is 4.28. The van der Waals surface area contributed by atoms with Gasteiger partial charge < -0.3 is 26.4 Å². The Hall–Kier alpha value is -4.30. The van der Waals surface area contributed by atoms with Crippen LogP contribution in [0, 0.1) is 0 Å². The van der Waals surface area contributed by atoms with E-state index in [1.165, 1.54) is 55.6 Å². The Bertz CT molecular complexity index is 1540. The Labute approximate surface area is 236 Å². The lowest BCUT2D eigenvalue weighted by Gasteiger charge is -2.22. The highest BCUT2D eigenvalue weighted by Crippen LogP contribution is 2.28. The summed E-state index contributed by atoms with van der Waals surface area (Å²) in [6.45, 7) is 0.670. The van der Waals surface area contributed by atoms with Crippen LogP contribution in [0.15, 0.2) is 60.2 Å². The number of carbonyl (C=O) groups excluding carboxylic acids is 2. The number of alkyl halides is 4. The van der Waals surface area contributed by atoms with Crippen LogP contribution in [-0.2, 0) is 0 Å². The molecule has 0 aliphatic heterocycles. The molecule has 0 saturated carbocycles. The normalized spacial score (nSPS) is 12.6. The molecule has 5 N–H and O–H groups in total. The van der Waals surface area contributed by atoms with Gasteiger partial charge in [-0.25, -0.2) is 14.4 Å². The average molecular weight is 591 g/mol. The third kappa shape index (κ3) is 8.11. The van der Waals surface area contributed by atoms with Gasteiger partial charge in [0.2, 0.25) is 0 Å². The van der Waals surface area contributed by atoms with Crippen LogP contribution in [0.25, 0.3) is 10.2 Å². The highest BCUT2D eigenvalue weighted by atomic mass is 32.1. The van der Waals surface area contributed by atoms with Crippen molar-refractivity contribution >= 4 is 56.2 Å². The van der Waals surface area contributed by atoms with E-state index < -0.39 is 42.9 Å². The van der Waals surface area contributed by atoms with Gasteiger partial charge >= 0.3 is 6.18 Å². The number of hydrogen-bond acceptors (Lipinski definition) is 8. The number of benzene rings is 2. The molecule has 14 heteroatoms. The summed E-state index contributed by atoms with van der Waals surface area (Å²) in [5, 5.41) is 20.3. The van der Waals surface area contributed by atoms with Gasteiger partial charge in [-0.15, -0.1) is 11.3 Å². The van der Waals surface area contributed by atoms with Gasteiger partial charge in [-0.1, -0.05) is 0 Å². The zero-order valence-electron chi connectivity index (χ0n) is 21.8. The van der Waals surface area contributed by atoms with Crippen LogP contribution in [0.5, 0.6) is 0 Å². The summed E-state index contributed by atoms with van der Waals surface area (Å²) in [6, 6.07) is 12.7. The predicted molar refractivity (Wildman–Crippen MR) is 149 cm³/mol. The number of thiazole rings is 1. The van der Waals surface area contributed by atoms with Gasteiger partial charge in [-0.3, -0.25) is 9.59 Å². The molecule has 2 heterocycles. The molecule has 9 nitrogen and oxygen atoms in total. The fraction of sp³-hybridized carbons (Fsp3) is 0.259. The highest BCUT2D eigenvalue weighted by molar-refractivity contribution is 7.16. The largest absolute Gasteiger partial charge is 0.405 e. The van der Waals surface area contributed by atoms with Crippen molar-refractivity contribution in [2.75, 3.05) is 23.7 Å². The van der Waals surface area contributed by atoms with Gasteiger partial charge in [0.1, 0.15) is 18.5 Å². The van der Waals surface area contributed by atoms with Crippen molar-refractivity contribution in [3.05, 3.63) is 71.4 Å². The van der Waals surface area contributed by atoms with Crippen LogP contribution in [0.4, 0.5) is 40.4 Å². The van der Waals surface area contributed by atoms with E-state index in [0.717, 1.165) is 15.9 Å². The van der Waals surface area contributed by atoms with E-state index in [4.69, 9.17) is 0 Å². The summed E-state index contributed by atoms with van der Waals surface area (Å²) >= 11 is 1.47. The first-order valence-electron chi connectivity index (χ1n) is 12.3. The highest BCUT2D eigenvalue weighted by Gasteiger charge is 2.28. The van der Waals surface area contributed by atoms with Crippen LogP contribution in [-0.4, -0.2) is 57.9 Å². The van der Waals surface area contributed by atoms with Gasteiger partial charge in [0.05, 0.1) is 39.1 Å². The number of fused-ring (bicyclic) bond motifs is 1. The Morgan fingerprint density at radius 1 is 0.951 bits per heavy atom. The molecule has 4 aromatic rings. The maximum absolute atomic E-state index is 14.2. The number of halogens is 4. The number of aliphatic hydroxyl groups is 1. The number of aromatic nitrogens is 2. The Morgan fingerprint density at radius 2 is 1.66 bits per heavy atom. The first kappa shape index (κ1) is 29.7. The second kappa shape index (κ2) is 12.1. The molecule has 4 rings (SSSR count). The molecule has 1 unspecified atom stereocenters. The maximum atomic E-state index is 14.2. The number of rotatable bonds is 10. The lowest BCUT2D eigenvalue weighted by Crippen LogP contribution is -2.42. The minimum absolute atomic E-state index is 0.00825. The number of hydrogen-bond donors (Lipinski definition) is 5. The smallest absolute Gasteiger partial charge is 0.387 e. The molecule has 0 aliphatic carbocycles. The van der Waals surface area contributed by atoms with Crippen LogP contribution < -0.4 is 21.3 Å². The van der Waals surface area contributed by atoms with Crippen molar-refractivity contribution in [2.45, 2.75) is 31.8 Å². The summed E-state index contributed by atoms with van der Waals surface area (Å²) in [7, 11) is 0. The molecule has 0 fully saturated rings. The van der Waals surface area contributed by atoms with Crippen LogP contribution >= 0.6 is 11.3 Å². The summed E-state index contributed by atoms with van der Waals surface area (Å²) in [5.41, 5.74) is 2.38. The van der Waals surface area contributed by atoms with Crippen LogP contribution in [0.1, 0.15) is 34.6 Å². The second-order valence-electron chi connectivity index (χ2n) is 9.61. The van der Waals surface area contributed by atoms with Crippen molar-refractivity contribution in [3.63, 3.8) is 0 Å². The average Bonchev–Trinajstić information content (AvgIpc) is 3.38. The molecule has 2 amide bonds. The molecule has 41 heavy (non-hydrogen) atoms. The molecule has 0 saturated heterocycles. The van der Waals surface area contributed by atoms with Crippen LogP contribution in [0.3, 0.4) is 0 Å². The number of nitrogens with one attached hydrogen (secondary N) is 4. The standard InChI is InChI=1S/C27H26F4N6O3S/c1-26(2,40)22(28)12-33-25(39)18-11-32-23(37-17-7-8-19-21(9-17)41-14-35-19)10-20(18)36-16-5-3-15(4-6-16)24(38)34-13-27(29,30)31/h3-11,14,22,40H,12-13H2,1-2H3,(H,33,39)(H,34,38)(H2,32,36,37). The third-order valence-electron chi connectivity index (χ3n) is 5.84. The second-order valence-corrected chi connectivity index (χ2v) is 10.5. The van der Waals surface area contributed by atoms with Crippen molar-refractivity contribution in [3.8, 4) is 0 Å². The first-order valence-corrected chi connectivity index (χ1v) is 13.1. The molecular formula is C27H26F4N6O3S. The molecule has 2 aromatic carbocycles. The molecule has 1 atom stereocenters. The summed E-state index contributed by atoms with van der Waals surface area (Å²) in [5.74, 6) is -1.18. The molecule has 2 aromatic heterocycles. The lowest BCUT2D eigenvalue weighted by atomic mass is 10.0. The maximum Gasteiger partial charge on any atom is 0.405 e. The minimum atomic E-state index is -4.54. The van der Waals surface area contributed by atoms with E-state index in [1.807, 2.05) is 18.2 Å². The number of anilines is 4. The van der Waals surface area contributed by atoms with Gasteiger partial charge in [-0.2, -0.15) is 13.2 Å². The van der Waals surface area contributed by atoms with Crippen molar-refractivity contribution in [1.82, 2.24) is 20.6 Å². The SMILES string of the molecule is CC(C)(O)C(F)CNC(=O)c1cnc(Nc2ccc3ncsc3c2)cc1Nc1ccc(C(=O)NCC(F)(F)F)cc1. The third-order valence-corrected chi connectivity index (χ3v) is 6.63. The first-order chi connectivity index (χ1) is 19.3. The minimum Gasteiger partial charge on any atom is -0.387 e. The Balaban J connectivity index is 1.56. The topological polar surface area (TPSA) is 128 Å². The fourth-order valence-electron chi connectivity index (χ4n) is 3.56. The van der Waals surface area contributed by atoms with Crippen molar-refractivity contribution < 1.29 is 32.3 Å². The van der Waals surface area contributed by atoms with Crippen molar-refractivity contribution in [2.24, 2.45) is 0 Å². The zero-order valence-corrected chi connectivity index (χ0v) is 22.7. The van der Waals surface area contributed by atoms with E-state index in [0.29, 0.717) is 11.5 Å². The molecule has 0 spiro atoms. The number of amides is 2. The summed E-state index contributed by atoms with van der Waals surface area (Å²) in [4.78, 5) is 33.5. The molecular weight excluding hydrogens is 564 g/mol. The molecule has 216 valence electrons. The quantitative estimate of drug-likeness (QED) is 0.158. The Kier molecular flexibility index (Phi) is 8.73. The van der Waals surface area contributed by atoms with Crippen LogP contribution in [0.2, 0.25) is 0 Å². The summed E-state index contributed by atoms with van der Waals surface area (Å²) < 4.78 is 52.5. The van der Waals surface area contributed by atoms with E-state index in [-0.39, 0.29) is 16.8 Å². The lowest BCUT2D eigenvalue weighted by molar-refractivity contribution is -0.123. The number of nitrogens with zero attached hydrogens (tertiary/aromatic N) is 2. The summed E-state index contributed by atoms with van der Waals surface area (Å²) in [6.07, 6.45) is -4.97. The number of carbonyl (C=O) groups is 2. The monoisotopic (exact) mass is 590 g/mol. The van der Waals surface area contributed by atoms with E-state index in [2.05, 4.69) is 25.9 Å². The number of pyridine rings is 1. The van der Waals surface area contributed by atoms with Gasteiger partial charge in [0.15, 0.2) is 0 Å². The van der Waals surface area contributed by atoms with Crippen molar-refractivity contribution in [1.29, 1.82) is 0 Å². The van der Waals surface area contributed by atoms with Gasteiger partial charge in [0.25, 0.3) is 11.8 Å². The van der Waals surface area contributed by atoms with Gasteiger partial charge in [0, 0.05) is 29.2 Å². The Morgan fingerprint density at radius 3 is 2.34 bits per heavy atom.